The molecule has 3 heterocycles. The highest BCUT2D eigenvalue weighted by Gasteiger charge is 2.24. The molecule has 12 rings (SSSR count). The summed E-state index contributed by atoms with van der Waals surface area (Å²) in [7, 11) is 0. The van der Waals surface area contributed by atoms with Gasteiger partial charge in [-0.15, -0.1) is 0 Å². The van der Waals surface area contributed by atoms with Crippen molar-refractivity contribution in [2.45, 2.75) is 0 Å². The lowest BCUT2D eigenvalue weighted by Gasteiger charge is -2.23. The molecule has 0 fully saturated rings. The zero-order chi connectivity index (χ0) is 38.2. The molecule has 0 bridgehead atoms. The van der Waals surface area contributed by atoms with Crippen molar-refractivity contribution >= 4 is 43.4 Å². The third kappa shape index (κ3) is 5.14. The van der Waals surface area contributed by atoms with Gasteiger partial charge in [0.25, 0.3) is 0 Å². The quantitative estimate of drug-likeness (QED) is 0.176. The number of benzene rings is 9. The van der Waals surface area contributed by atoms with E-state index in [1.54, 1.807) is 0 Å². The monoisotopic (exact) mass is 740 g/mol. The molecular formula is C53H32N4O. The van der Waals surface area contributed by atoms with Gasteiger partial charge in [-0.2, -0.15) is 0 Å². The Bertz CT molecular complexity index is 3370. The molecule has 1 aliphatic rings. The molecule has 0 N–H and O–H groups in total. The molecule has 0 amide bonds. The fourth-order valence-electron chi connectivity index (χ4n) is 8.71. The Morgan fingerprint density at radius 3 is 1.74 bits per heavy atom. The second kappa shape index (κ2) is 12.8. The first kappa shape index (κ1) is 32.4. The van der Waals surface area contributed by atoms with Gasteiger partial charge in [-0.05, 0) is 81.4 Å². The van der Waals surface area contributed by atoms with Crippen LogP contribution in [0, 0.1) is 0 Å². The summed E-state index contributed by atoms with van der Waals surface area (Å²) in [5.41, 5.74) is 10.7. The first-order valence-electron chi connectivity index (χ1n) is 19.5. The molecule has 0 saturated carbocycles. The second-order valence-electron chi connectivity index (χ2n) is 14.8. The minimum atomic E-state index is 0.592. The van der Waals surface area contributed by atoms with E-state index in [0.29, 0.717) is 17.5 Å². The molecule has 0 unspecified atom stereocenters. The van der Waals surface area contributed by atoms with Crippen LogP contribution >= 0.6 is 0 Å². The summed E-state index contributed by atoms with van der Waals surface area (Å²) in [4.78, 5) is 14.8. The number of nitrogens with zero attached hydrogens (tertiary/aromatic N) is 4. The summed E-state index contributed by atoms with van der Waals surface area (Å²) < 4.78 is 9.17. The van der Waals surface area contributed by atoms with Gasteiger partial charge in [-0.1, -0.05) is 146 Å². The maximum absolute atomic E-state index is 6.77. The number of hydrogen-bond donors (Lipinski definition) is 0. The van der Waals surface area contributed by atoms with E-state index in [4.69, 9.17) is 19.7 Å². The van der Waals surface area contributed by atoms with Crippen molar-refractivity contribution in [3.8, 4) is 73.6 Å². The standard InChI is InChI=1S/C53H32N4O/c1-3-13-33(14-4-1)51-54-52(34-15-5-2-6-16-34)56-53(55-51)38-25-26-42-44-23-12-22-43-40(27-28-48(50(43)44)58-49(42)32-38)37-19-11-20-39(29-37)57-46-24-10-9-21-41(46)45-30-35-17-7-8-18-36(35)31-47(45)57/h1-32H. The molecule has 0 spiro atoms. The molecule has 5 heteroatoms. The Morgan fingerprint density at radius 1 is 0.345 bits per heavy atom. The lowest BCUT2D eigenvalue weighted by atomic mass is 9.90. The highest BCUT2D eigenvalue weighted by Crippen LogP contribution is 2.49. The van der Waals surface area contributed by atoms with Crippen LogP contribution in [0.5, 0.6) is 11.5 Å². The summed E-state index contributed by atoms with van der Waals surface area (Å²) >= 11 is 0. The number of hydrogen-bond acceptors (Lipinski definition) is 4. The molecule has 0 aliphatic carbocycles. The van der Waals surface area contributed by atoms with E-state index < -0.39 is 0 Å². The van der Waals surface area contributed by atoms with Gasteiger partial charge in [0, 0.05) is 44.1 Å². The lowest BCUT2D eigenvalue weighted by molar-refractivity contribution is 0.487. The maximum atomic E-state index is 6.77. The molecule has 5 nitrogen and oxygen atoms in total. The van der Waals surface area contributed by atoms with E-state index in [2.05, 4.69) is 138 Å². The van der Waals surface area contributed by atoms with Crippen LogP contribution in [0.15, 0.2) is 194 Å². The van der Waals surface area contributed by atoms with Gasteiger partial charge in [0.2, 0.25) is 0 Å². The predicted octanol–water partition coefficient (Wildman–Crippen LogP) is 13.7. The first-order chi connectivity index (χ1) is 28.7. The van der Waals surface area contributed by atoms with E-state index in [1.165, 1.54) is 32.6 Å². The van der Waals surface area contributed by atoms with Crippen LogP contribution < -0.4 is 4.74 Å². The van der Waals surface area contributed by atoms with Gasteiger partial charge in [0.1, 0.15) is 11.5 Å². The summed E-state index contributed by atoms with van der Waals surface area (Å²) in [5.74, 6) is 3.45. The van der Waals surface area contributed by atoms with Crippen molar-refractivity contribution in [2.24, 2.45) is 0 Å². The van der Waals surface area contributed by atoms with Crippen LogP contribution in [0.3, 0.4) is 0 Å². The van der Waals surface area contributed by atoms with Gasteiger partial charge < -0.3 is 9.30 Å². The van der Waals surface area contributed by atoms with Gasteiger partial charge in [-0.3, -0.25) is 0 Å². The summed E-state index contributed by atoms with van der Waals surface area (Å²) in [6.45, 7) is 0. The average Bonchev–Trinajstić information content (AvgIpc) is 3.61. The Balaban J connectivity index is 0.968. The van der Waals surface area contributed by atoms with Crippen molar-refractivity contribution < 1.29 is 4.74 Å². The average molecular weight is 741 g/mol. The van der Waals surface area contributed by atoms with E-state index in [9.17, 15) is 0 Å². The number of ether oxygens (including phenoxy) is 1. The minimum absolute atomic E-state index is 0.592. The van der Waals surface area contributed by atoms with Crippen molar-refractivity contribution in [3.63, 3.8) is 0 Å². The van der Waals surface area contributed by atoms with E-state index in [-0.39, 0.29) is 0 Å². The topological polar surface area (TPSA) is 52.8 Å². The van der Waals surface area contributed by atoms with Crippen LogP contribution in [0.25, 0.3) is 105 Å². The number of rotatable bonds is 5. The van der Waals surface area contributed by atoms with Gasteiger partial charge >= 0.3 is 0 Å². The number of aromatic nitrogens is 4. The van der Waals surface area contributed by atoms with E-state index in [0.717, 1.165) is 66.9 Å². The van der Waals surface area contributed by atoms with Crippen LogP contribution in [-0.4, -0.2) is 19.5 Å². The second-order valence-corrected chi connectivity index (χ2v) is 14.8. The Labute approximate surface area is 334 Å². The molecule has 2 aromatic heterocycles. The first-order valence-corrected chi connectivity index (χ1v) is 19.5. The van der Waals surface area contributed by atoms with Gasteiger partial charge in [0.05, 0.1) is 11.0 Å². The minimum Gasteiger partial charge on any atom is -0.456 e. The number of fused-ring (bicyclic) bond motifs is 6. The van der Waals surface area contributed by atoms with Crippen molar-refractivity contribution in [1.82, 2.24) is 19.5 Å². The smallest absolute Gasteiger partial charge is 0.164 e. The molecule has 11 aromatic rings. The SMILES string of the molecule is c1ccc(-c2nc(-c3ccccc3)nc(-c3ccc4c(c3)Oc3ccc(-c5cccc(-n6c7ccccc7c7cc8ccccc8cc76)c5)c5cccc-4c35)n2)cc1. The van der Waals surface area contributed by atoms with Crippen LogP contribution in [0.1, 0.15) is 0 Å². The molecule has 9 aromatic carbocycles. The third-order valence-corrected chi connectivity index (χ3v) is 11.4. The molecule has 0 saturated heterocycles. The predicted molar refractivity (Wildman–Crippen MR) is 236 cm³/mol. The van der Waals surface area contributed by atoms with Crippen molar-refractivity contribution in [2.75, 3.05) is 0 Å². The van der Waals surface area contributed by atoms with Crippen LogP contribution in [0.4, 0.5) is 0 Å². The van der Waals surface area contributed by atoms with Gasteiger partial charge in [0.15, 0.2) is 17.5 Å². The highest BCUT2D eigenvalue weighted by molar-refractivity contribution is 6.14. The van der Waals surface area contributed by atoms with Crippen LogP contribution in [0.2, 0.25) is 0 Å². The zero-order valence-corrected chi connectivity index (χ0v) is 31.2. The molecule has 270 valence electrons. The molecule has 0 atom stereocenters. The molecule has 58 heavy (non-hydrogen) atoms. The largest absolute Gasteiger partial charge is 0.456 e. The Morgan fingerprint density at radius 2 is 0.966 bits per heavy atom. The highest BCUT2D eigenvalue weighted by atomic mass is 16.5. The molecular weight excluding hydrogens is 709 g/mol. The van der Waals surface area contributed by atoms with Crippen molar-refractivity contribution in [3.05, 3.63) is 194 Å². The van der Waals surface area contributed by atoms with E-state index in [1.807, 2.05) is 60.7 Å². The lowest BCUT2D eigenvalue weighted by Crippen LogP contribution is -2.02. The Hall–Kier alpha value is -7.89. The normalized spacial score (nSPS) is 11.9. The Kier molecular flexibility index (Phi) is 7.16. The molecule has 1 aliphatic heterocycles. The summed E-state index contributed by atoms with van der Waals surface area (Å²) in [6, 6.07) is 68.1. The fourth-order valence-corrected chi connectivity index (χ4v) is 8.71. The fraction of sp³-hybridized carbons (Fsp3) is 0. The van der Waals surface area contributed by atoms with Crippen LogP contribution in [-0.2, 0) is 0 Å². The molecule has 0 radical (unpaired) electrons. The maximum Gasteiger partial charge on any atom is 0.164 e. The number of para-hydroxylation sites is 1. The van der Waals surface area contributed by atoms with E-state index >= 15 is 0 Å². The van der Waals surface area contributed by atoms with Crippen molar-refractivity contribution in [1.29, 1.82) is 0 Å². The van der Waals surface area contributed by atoms with Gasteiger partial charge in [-0.25, -0.2) is 15.0 Å². The zero-order valence-electron chi connectivity index (χ0n) is 31.2. The third-order valence-electron chi connectivity index (χ3n) is 11.4. The summed E-state index contributed by atoms with van der Waals surface area (Å²) in [5, 5.41) is 7.23. The summed E-state index contributed by atoms with van der Waals surface area (Å²) in [6.07, 6.45) is 0.